The highest BCUT2D eigenvalue weighted by molar-refractivity contribution is 9.10. The molecule has 1 aliphatic heterocycles. The normalized spacial score (nSPS) is 13.0. The van der Waals surface area contributed by atoms with Crippen LogP contribution >= 0.6 is 15.9 Å². The molecule has 4 rings (SSSR count). The van der Waals surface area contributed by atoms with Crippen LogP contribution in [0.1, 0.15) is 21.7 Å². The third-order valence-corrected chi connectivity index (χ3v) is 5.35. The lowest BCUT2D eigenvalue weighted by molar-refractivity contribution is 0.101. The molecule has 8 heteroatoms. The third-order valence-electron chi connectivity index (χ3n) is 4.85. The number of urea groups is 1. The highest BCUT2D eigenvalue weighted by Crippen LogP contribution is 2.24. The molecule has 0 bridgehead atoms. The number of para-hydroxylation sites is 1. The molecule has 2 N–H and O–H groups in total. The number of rotatable bonds is 3. The van der Waals surface area contributed by atoms with Crippen molar-refractivity contribution in [3.8, 4) is 0 Å². The van der Waals surface area contributed by atoms with Crippen LogP contribution in [0.4, 0.5) is 16.2 Å². The van der Waals surface area contributed by atoms with Crippen LogP contribution < -0.4 is 10.6 Å². The number of fused-ring (bicyclic) bond motifs is 1. The largest absolute Gasteiger partial charge is 0.322 e. The zero-order valence-electron chi connectivity index (χ0n) is 15.9. The van der Waals surface area contributed by atoms with Crippen molar-refractivity contribution in [3.63, 3.8) is 0 Å². The van der Waals surface area contributed by atoms with Gasteiger partial charge in [0.1, 0.15) is 0 Å². The number of hydrogen-bond acceptors (Lipinski definition) is 3. The van der Waals surface area contributed by atoms with Crippen LogP contribution in [0.5, 0.6) is 0 Å². The van der Waals surface area contributed by atoms with Gasteiger partial charge in [-0.1, -0.05) is 40.2 Å². The zero-order chi connectivity index (χ0) is 20.4. The summed E-state index contributed by atoms with van der Waals surface area (Å²) in [5.74, 6) is -0.276. The Kier molecular flexibility index (Phi) is 5.35. The van der Waals surface area contributed by atoms with E-state index in [4.69, 9.17) is 0 Å². The van der Waals surface area contributed by atoms with Crippen molar-refractivity contribution in [1.82, 2.24) is 14.7 Å². The number of carbonyl (C=O) groups excluding carboxylic acids is 2. The number of aromatic nitrogens is 2. The van der Waals surface area contributed by atoms with Crippen molar-refractivity contribution in [3.05, 3.63) is 76.0 Å². The average Bonchev–Trinajstić information content (AvgIpc) is 3.05. The molecule has 0 spiro atoms. The summed E-state index contributed by atoms with van der Waals surface area (Å²) in [5.41, 5.74) is 3.54. The molecule has 3 amide bonds. The SMILES string of the molecule is Cn1nc(C(=O)Nc2ccccc2)c2c1CCN(C(=O)Nc1cccc(Br)c1)C2. The molecule has 0 saturated heterocycles. The molecular weight excluding hydrogens is 434 g/mol. The number of aryl methyl sites for hydroxylation is 1. The molecule has 0 aliphatic carbocycles. The number of carbonyl (C=O) groups is 2. The Morgan fingerprint density at radius 3 is 2.55 bits per heavy atom. The van der Waals surface area contributed by atoms with Gasteiger partial charge in [-0.25, -0.2) is 4.79 Å². The molecule has 2 aromatic carbocycles. The molecule has 1 aromatic heterocycles. The first-order valence-electron chi connectivity index (χ1n) is 9.24. The maximum Gasteiger partial charge on any atom is 0.322 e. The minimum atomic E-state index is -0.276. The molecule has 7 nitrogen and oxygen atoms in total. The second kappa shape index (κ2) is 8.08. The Morgan fingerprint density at radius 1 is 1.03 bits per heavy atom. The molecule has 29 heavy (non-hydrogen) atoms. The maximum atomic E-state index is 12.8. The number of anilines is 2. The van der Waals surface area contributed by atoms with Gasteiger partial charge in [0.15, 0.2) is 5.69 Å². The van der Waals surface area contributed by atoms with Crippen molar-refractivity contribution in [2.45, 2.75) is 13.0 Å². The van der Waals surface area contributed by atoms with Crippen LogP contribution in [0.15, 0.2) is 59.1 Å². The summed E-state index contributed by atoms with van der Waals surface area (Å²) >= 11 is 3.40. The van der Waals surface area contributed by atoms with Gasteiger partial charge < -0.3 is 15.5 Å². The second-order valence-corrected chi connectivity index (χ2v) is 7.75. The van der Waals surface area contributed by atoms with Gasteiger partial charge in [-0.3, -0.25) is 9.48 Å². The minimum absolute atomic E-state index is 0.202. The number of halogens is 1. The van der Waals surface area contributed by atoms with Gasteiger partial charge in [0.2, 0.25) is 0 Å². The summed E-state index contributed by atoms with van der Waals surface area (Å²) in [5, 5.41) is 10.2. The van der Waals surface area contributed by atoms with Crippen LogP contribution in [0.25, 0.3) is 0 Å². The Hall–Kier alpha value is -3.13. The van der Waals surface area contributed by atoms with Gasteiger partial charge in [-0.15, -0.1) is 0 Å². The van der Waals surface area contributed by atoms with E-state index in [0.29, 0.717) is 36.6 Å². The molecule has 0 saturated carbocycles. The first-order valence-corrected chi connectivity index (χ1v) is 10.0. The highest BCUT2D eigenvalue weighted by atomic mass is 79.9. The molecule has 0 atom stereocenters. The molecule has 148 valence electrons. The molecular formula is C21H20BrN5O2. The number of nitrogens with one attached hydrogen (secondary N) is 2. The number of benzene rings is 2. The number of nitrogens with zero attached hydrogens (tertiary/aromatic N) is 3. The van der Waals surface area contributed by atoms with Crippen LogP contribution in [-0.2, 0) is 20.0 Å². The molecule has 0 radical (unpaired) electrons. The van der Waals surface area contributed by atoms with Crippen LogP contribution in [0.2, 0.25) is 0 Å². The topological polar surface area (TPSA) is 79.3 Å². The lowest BCUT2D eigenvalue weighted by Gasteiger charge is -2.27. The highest BCUT2D eigenvalue weighted by Gasteiger charge is 2.29. The molecule has 1 aliphatic rings. The molecule has 2 heterocycles. The van der Waals surface area contributed by atoms with E-state index in [1.165, 1.54) is 0 Å². The summed E-state index contributed by atoms with van der Waals surface area (Å²) in [4.78, 5) is 27.2. The van der Waals surface area contributed by atoms with E-state index in [2.05, 4.69) is 31.7 Å². The van der Waals surface area contributed by atoms with E-state index in [9.17, 15) is 9.59 Å². The smallest absolute Gasteiger partial charge is 0.321 e. The van der Waals surface area contributed by atoms with E-state index in [1.807, 2.05) is 61.6 Å². The molecule has 3 aromatic rings. The summed E-state index contributed by atoms with van der Waals surface area (Å²) < 4.78 is 2.63. The summed E-state index contributed by atoms with van der Waals surface area (Å²) in [7, 11) is 1.83. The van der Waals surface area contributed by atoms with Crippen molar-refractivity contribution >= 4 is 39.2 Å². The van der Waals surface area contributed by atoms with E-state index < -0.39 is 0 Å². The summed E-state index contributed by atoms with van der Waals surface area (Å²) in [6.07, 6.45) is 0.642. The Balaban J connectivity index is 1.52. The van der Waals surface area contributed by atoms with E-state index in [-0.39, 0.29) is 11.9 Å². The van der Waals surface area contributed by atoms with E-state index >= 15 is 0 Å². The fourth-order valence-electron chi connectivity index (χ4n) is 3.43. The van der Waals surface area contributed by atoms with Crippen molar-refractivity contribution in [2.75, 3.05) is 17.2 Å². The summed E-state index contributed by atoms with van der Waals surface area (Å²) in [6, 6.07) is 16.5. The number of amides is 3. The lowest BCUT2D eigenvalue weighted by Crippen LogP contribution is -2.39. The molecule has 0 fully saturated rings. The van der Waals surface area contributed by atoms with Gasteiger partial charge in [0.25, 0.3) is 5.91 Å². The van der Waals surface area contributed by atoms with Crippen LogP contribution in [-0.4, -0.2) is 33.2 Å². The van der Waals surface area contributed by atoms with Gasteiger partial charge in [0, 0.05) is 47.1 Å². The fourth-order valence-corrected chi connectivity index (χ4v) is 3.83. The first-order chi connectivity index (χ1) is 14.0. The fraction of sp³-hybridized carbons (Fsp3) is 0.190. The number of hydrogen-bond donors (Lipinski definition) is 2. The lowest BCUT2D eigenvalue weighted by atomic mass is 10.0. The van der Waals surface area contributed by atoms with Crippen molar-refractivity contribution in [1.29, 1.82) is 0 Å². The monoisotopic (exact) mass is 453 g/mol. The van der Waals surface area contributed by atoms with Crippen LogP contribution in [0, 0.1) is 0 Å². The van der Waals surface area contributed by atoms with Crippen LogP contribution in [0.3, 0.4) is 0 Å². The molecule has 0 unspecified atom stereocenters. The van der Waals surface area contributed by atoms with Crippen molar-refractivity contribution < 1.29 is 9.59 Å². The first kappa shape index (κ1) is 19.2. The van der Waals surface area contributed by atoms with Gasteiger partial charge >= 0.3 is 6.03 Å². The summed E-state index contributed by atoms with van der Waals surface area (Å²) in [6.45, 7) is 0.896. The van der Waals surface area contributed by atoms with E-state index in [1.54, 1.807) is 9.58 Å². The van der Waals surface area contributed by atoms with Crippen molar-refractivity contribution in [2.24, 2.45) is 7.05 Å². The predicted octanol–water partition coefficient (Wildman–Crippen LogP) is 4.03. The quantitative estimate of drug-likeness (QED) is 0.628. The van der Waals surface area contributed by atoms with Gasteiger partial charge in [-0.2, -0.15) is 5.10 Å². The average molecular weight is 454 g/mol. The predicted molar refractivity (Wildman–Crippen MR) is 115 cm³/mol. The standard InChI is InChI=1S/C21H20BrN5O2/c1-26-18-10-11-27(21(29)24-16-9-5-6-14(22)12-16)13-17(18)19(25-26)20(28)23-15-7-3-2-4-8-15/h2-9,12H,10-11,13H2,1H3,(H,23,28)(H,24,29). The maximum absolute atomic E-state index is 12.8. The Labute approximate surface area is 176 Å². The van der Waals surface area contributed by atoms with Gasteiger partial charge in [0.05, 0.1) is 6.54 Å². The second-order valence-electron chi connectivity index (χ2n) is 6.83. The minimum Gasteiger partial charge on any atom is -0.321 e. The third kappa shape index (κ3) is 4.17. The zero-order valence-corrected chi connectivity index (χ0v) is 17.4. The Bertz CT molecular complexity index is 1060. The Morgan fingerprint density at radius 2 is 1.79 bits per heavy atom. The van der Waals surface area contributed by atoms with E-state index in [0.717, 1.165) is 15.7 Å². The van der Waals surface area contributed by atoms with Gasteiger partial charge in [-0.05, 0) is 30.3 Å².